The highest BCUT2D eigenvalue weighted by Crippen LogP contribution is 2.33. The summed E-state index contributed by atoms with van der Waals surface area (Å²) < 4.78 is 24.8. The molecule has 0 spiro atoms. The molecule has 0 rings (SSSR count). The molecule has 0 aromatic rings. The lowest BCUT2D eigenvalue weighted by Gasteiger charge is -2.41. The van der Waals surface area contributed by atoms with Crippen LogP contribution in [-0.4, -0.2) is 39.2 Å². The molecule has 6 heteroatoms. The van der Waals surface area contributed by atoms with Gasteiger partial charge in [-0.3, -0.25) is 0 Å². The van der Waals surface area contributed by atoms with Crippen LogP contribution in [0.15, 0.2) is 12.7 Å². The maximum atomic E-state index is 11.2. The van der Waals surface area contributed by atoms with Gasteiger partial charge in [0.15, 0.2) is 0 Å². The lowest BCUT2D eigenvalue weighted by Crippen LogP contribution is -2.54. The fraction of sp³-hybridized carbons (Fsp3) is 0.864. The van der Waals surface area contributed by atoms with E-state index in [0.29, 0.717) is 6.61 Å². The Balaban J connectivity index is 5.15. The van der Waals surface area contributed by atoms with Crippen LogP contribution in [0.1, 0.15) is 93.4 Å². The third-order valence-electron chi connectivity index (χ3n) is 5.13. The quantitative estimate of drug-likeness (QED) is 0.125. The van der Waals surface area contributed by atoms with Crippen LogP contribution in [0, 0.1) is 0 Å². The van der Waals surface area contributed by atoms with Gasteiger partial charge in [0, 0.05) is 24.3 Å². The van der Waals surface area contributed by atoms with E-state index in [1.807, 2.05) is 0 Å². The van der Waals surface area contributed by atoms with E-state index in [2.05, 4.69) is 55.0 Å². The van der Waals surface area contributed by atoms with Crippen LogP contribution >= 0.6 is 0 Å². The van der Waals surface area contributed by atoms with Gasteiger partial charge in [-0.15, -0.1) is 0 Å². The van der Waals surface area contributed by atoms with Gasteiger partial charge in [-0.05, 0) is 59.3 Å². The Morgan fingerprint density at radius 3 is 2.07 bits per heavy atom. The Labute approximate surface area is 174 Å². The van der Waals surface area contributed by atoms with E-state index in [4.69, 9.17) is 18.0 Å². The van der Waals surface area contributed by atoms with Crippen LogP contribution in [0.25, 0.3) is 0 Å². The Hall–Kier alpha value is -0.693. The van der Waals surface area contributed by atoms with Crippen molar-refractivity contribution in [3.8, 4) is 0 Å². The van der Waals surface area contributed by atoms with Gasteiger partial charge in [0.25, 0.3) is 0 Å². The summed E-state index contributed by atoms with van der Waals surface area (Å²) in [4.78, 5) is 11.2. The molecule has 0 amide bonds. The summed E-state index contributed by atoms with van der Waals surface area (Å²) in [6.45, 7) is 18.7. The van der Waals surface area contributed by atoms with E-state index < -0.39 is 8.80 Å². The largest absolute Gasteiger partial charge is 0.501 e. The number of ether oxygens (including phenoxy) is 1. The molecule has 0 aromatic carbocycles. The predicted molar refractivity (Wildman–Crippen MR) is 117 cm³/mol. The van der Waals surface area contributed by atoms with Crippen LogP contribution in [0.3, 0.4) is 0 Å². The van der Waals surface area contributed by atoms with Gasteiger partial charge >= 0.3 is 14.8 Å². The number of carbonyl (C=O) groups excluding carboxylic acids is 1. The molecular weight excluding hydrogens is 372 g/mol. The highest BCUT2D eigenvalue weighted by molar-refractivity contribution is 6.61. The summed E-state index contributed by atoms with van der Waals surface area (Å²) in [6, 6.07) is 0.828. The molecule has 0 N–H and O–H groups in total. The molecule has 0 aliphatic heterocycles. The Morgan fingerprint density at radius 2 is 1.64 bits per heavy atom. The van der Waals surface area contributed by atoms with Gasteiger partial charge in [0.05, 0.1) is 12.2 Å². The van der Waals surface area contributed by atoms with E-state index in [0.717, 1.165) is 51.0 Å². The highest BCUT2D eigenvalue weighted by atomic mass is 28.4. The molecule has 0 aromatic heterocycles. The SMILES string of the molecule is C=CC(=O)OCCCCC(C)(CC)O[Si](CCC)(OC(C)CC)OC(C)CC. The standard InChI is InChI=1S/C22H44O5Si/c1-9-18-28(25-19(6)10-2,26-20(7)11-3)27-22(8,13-5)16-14-15-17-24-21(23)12-4/h12,19-20H,4,9-11,13-18H2,1-3,5-8H3. The molecule has 0 fully saturated rings. The van der Waals surface area contributed by atoms with Crippen molar-refractivity contribution < 1.29 is 22.8 Å². The lowest BCUT2D eigenvalue weighted by molar-refractivity contribution is -0.137. The molecule has 0 saturated carbocycles. The van der Waals surface area contributed by atoms with Crippen molar-refractivity contribution in [2.45, 2.75) is 117 Å². The van der Waals surface area contributed by atoms with Crippen molar-refractivity contribution in [1.82, 2.24) is 0 Å². The van der Waals surface area contributed by atoms with E-state index >= 15 is 0 Å². The molecule has 28 heavy (non-hydrogen) atoms. The van der Waals surface area contributed by atoms with E-state index in [1.54, 1.807) is 0 Å². The smallest absolute Gasteiger partial charge is 0.463 e. The third kappa shape index (κ3) is 10.7. The first kappa shape index (κ1) is 27.3. The van der Waals surface area contributed by atoms with Crippen LogP contribution < -0.4 is 0 Å². The molecule has 166 valence electrons. The molecule has 3 unspecified atom stereocenters. The summed E-state index contributed by atoms with van der Waals surface area (Å²) in [5.41, 5.74) is -0.315. The van der Waals surface area contributed by atoms with Crippen molar-refractivity contribution in [2.75, 3.05) is 6.61 Å². The third-order valence-corrected chi connectivity index (χ3v) is 8.57. The molecule has 0 bridgehead atoms. The molecular formula is C22H44O5Si. The number of esters is 1. The number of rotatable bonds is 17. The van der Waals surface area contributed by atoms with Gasteiger partial charge in [0.2, 0.25) is 0 Å². The average molecular weight is 417 g/mol. The summed E-state index contributed by atoms with van der Waals surface area (Å²) in [5, 5.41) is 0. The Morgan fingerprint density at radius 1 is 1.07 bits per heavy atom. The maximum Gasteiger partial charge on any atom is 0.501 e. The summed E-state index contributed by atoms with van der Waals surface area (Å²) in [6.07, 6.45) is 7.73. The second-order valence-electron chi connectivity index (χ2n) is 7.84. The van der Waals surface area contributed by atoms with Crippen molar-refractivity contribution in [3.05, 3.63) is 12.7 Å². The lowest BCUT2D eigenvalue weighted by atomic mass is 9.96. The summed E-state index contributed by atoms with van der Waals surface area (Å²) >= 11 is 0. The van der Waals surface area contributed by atoms with Gasteiger partial charge in [0.1, 0.15) is 0 Å². The van der Waals surface area contributed by atoms with Crippen LogP contribution in [-0.2, 0) is 22.8 Å². The minimum atomic E-state index is -2.81. The van der Waals surface area contributed by atoms with Gasteiger partial charge in [-0.2, -0.15) is 0 Å². The fourth-order valence-corrected chi connectivity index (χ4v) is 6.50. The zero-order chi connectivity index (χ0) is 21.6. The van der Waals surface area contributed by atoms with Gasteiger partial charge in [-0.25, -0.2) is 4.79 Å². The average Bonchev–Trinajstić information content (AvgIpc) is 2.67. The Kier molecular flexibility index (Phi) is 14.0. The van der Waals surface area contributed by atoms with Crippen LogP contribution in [0.4, 0.5) is 0 Å². The van der Waals surface area contributed by atoms with Crippen LogP contribution in [0.2, 0.25) is 6.04 Å². The normalized spacial score (nSPS) is 18.0. The van der Waals surface area contributed by atoms with E-state index in [1.165, 1.54) is 6.08 Å². The first-order chi connectivity index (χ1) is 13.2. The predicted octanol–water partition coefficient (Wildman–Crippen LogP) is 6.05. The molecule has 0 saturated heterocycles. The Bertz CT molecular complexity index is 431. The molecule has 3 atom stereocenters. The first-order valence-electron chi connectivity index (χ1n) is 11.0. The molecule has 0 radical (unpaired) electrons. The van der Waals surface area contributed by atoms with Gasteiger partial charge < -0.3 is 18.0 Å². The van der Waals surface area contributed by atoms with Crippen molar-refractivity contribution in [2.24, 2.45) is 0 Å². The van der Waals surface area contributed by atoms with Crippen molar-refractivity contribution in [1.29, 1.82) is 0 Å². The fourth-order valence-electron chi connectivity index (χ4n) is 2.84. The van der Waals surface area contributed by atoms with E-state index in [9.17, 15) is 4.79 Å². The first-order valence-corrected chi connectivity index (χ1v) is 13.0. The minimum absolute atomic E-state index is 0.113. The zero-order valence-corrected chi connectivity index (χ0v) is 20.3. The number of hydrogen-bond donors (Lipinski definition) is 0. The summed E-state index contributed by atoms with van der Waals surface area (Å²) in [7, 11) is -2.81. The van der Waals surface area contributed by atoms with E-state index in [-0.39, 0.29) is 23.8 Å². The number of unbranched alkanes of at least 4 members (excludes halogenated alkanes) is 1. The van der Waals surface area contributed by atoms with Gasteiger partial charge in [-0.1, -0.05) is 40.7 Å². The molecule has 0 heterocycles. The molecule has 5 nitrogen and oxygen atoms in total. The monoisotopic (exact) mass is 416 g/mol. The number of carbonyl (C=O) groups is 1. The molecule has 0 aliphatic carbocycles. The van der Waals surface area contributed by atoms with Crippen LogP contribution in [0.5, 0.6) is 0 Å². The second-order valence-corrected chi connectivity index (χ2v) is 10.4. The van der Waals surface area contributed by atoms with Crippen molar-refractivity contribution in [3.63, 3.8) is 0 Å². The zero-order valence-electron chi connectivity index (χ0n) is 19.3. The topological polar surface area (TPSA) is 54.0 Å². The maximum absolute atomic E-state index is 11.2. The highest BCUT2D eigenvalue weighted by Gasteiger charge is 2.47. The number of hydrogen-bond acceptors (Lipinski definition) is 5. The summed E-state index contributed by atoms with van der Waals surface area (Å²) in [5.74, 6) is -0.368. The van der Waals surface area contributed by atoms with Crippen molar-refractivity contribution >= 4 is 14.8 Å². The minimum Gasteiger partial charge on any atom is -0.463 e. The molecule has 0 aliphatic rings. The second kappa shape index (κ2) is 14.3.